The number of hydrogen-bond donors (Lipinski definition) is 0. The number of rotatable bonds is 3. The molecule has 1 fully saturated rings. The van der Waals surface area contributed by atoms with Gasteiger partial charge in [-0.1, -0.05) is 44.5 Å². The Balaban J connectivity index is 2.33. The number of carbonyl (C=O) groups excluding carboxylic acids is 1. The van der Waals surface area contributed by atoms with E-state index in [1.165, 1.54) is 24.8 Å². The lowest BCUT2D eigenvalue weighted by Crippen LogP contribution is -2.16. The zero-order valence-corrected chi connectivity index (χ0v) is 9.49. The Hall–Kier alpha value is -1.11. The number of hydrogen-bond acceptors (Lipinski definition) is 1. The minimum atomic E-state index is 0.103. The van der Waals surface area contributed by atoms with Crippen molar-refractivity contribution in [2.75, 3.05) is 0 Å². The van der Waals surface area contributed by atoms with Crippen LogP contribution in [0.5, 0.6) is 0 Å². The highest BCUT2D eigenvalue weighted by molar-refractivity contribution is 5.98. The Bertz CT molecular complexity index is 361. The third-order valence-electron chi connectivity index (χ3n) is 3.30. The maximum Gasteiger partial charge on any atom is 0.165 e. The highest BCUT2D eigenvalue weighted by atomic mass is 16.1. The zero-order chi connectivity index (χ0) is 10.8. The van der Waals surface area contributed by atoms with E-state index in [9.17, 15) is 4.79 Å². The topological polar surface area (TPSA) is 17.1 Å². The van der Waals surface area contributed by atoms with Gasteiger partial charge >= 0.3 is 0 Å². The van der Waals surface area contributed by atoms with E-state index in [2.05, 4.69) is 6.07 Å². The summed E-state index contributed by atoms with van der Waals surface area (Å²) in [5, 5.41) is 0. The Labute approximate surface area is 91.5 Å². The van der Waals surface area contributed by atoms with Gasteiger partial charge < -0.3 is 0 Å². The van der Waals surface area contributed by atoms with Gasteiger partial charge in [0.15, 0.2) is 5.78 Å². The van der Waals surface area contributed by atoms with Crippen molar-refractivity contribution in [3.05, 3.63) is 35.4 Å². The molecule has 0 saturated heterocycles. The summed E-state index contributed by atoms with van der Waals surface area (Å²) in [6.45, 7) is 3.94. The largest absolute Gasteiger partial charge is 0.294 e. The summed E-state index contributed by atoms with van der Waals surface area (Å²) in [4.78, 5) is 12.0. The Morgan fingerprint density at radius 2 is 1.93 bits per heavy atom. The molecule has 0 aromatic heterocycles. The van der Waals surface area contributed by atoms with Crippen LogP contribution in [0.4, 0.5) is 0 Å². The molecular formula is C14H18O. The van der Waals surface area contributed by atoms with Crippen LogP contribution in [0.1, 0.15) is 54.9 Å². The van der Waals surface area contributed by atoms with Crippen LogP contribution in [0.2, 0.25) is 0 Å². The fourth-order valence-corrected chi connectivity index (χ4v) is 2.11. The van der Waals surface area contributed by atoms with Gasteiger partial charge in [-0.3, -0.25) is 4.79 Å². The highest BCUT2D eigenvalue weighted by Crippen LogP contribution is 2.38. The summed E-state index contributed by atoms with van der Waals surface area (Å²) in [7, 11) is 0. The van der Waals surface area contributed by atoms with E-state index in [0.29, 0.717) is 5.92 Å². The van der Waals surface area contributed by atoms with Crippen molar-refractivity contribution in [3.63, 3.8) is 0 Å². The number of Topliss-reactive ketones (excluding diaryl/α,β-unsaturated/α-hetero) is 1. The third-order valence-corrected chi connectivity index (χ3v) is 3.30. The Morgan fingerprint density at radius 3 is 2.47 bits per heavy atom. The first-order chi connectivity index (χ1) is 7.20. The molecule has 0 amide bonds. The van der Waals surface area contributed by atoms with Crippen molar-refractivity contribution in [1.29, 1.82) is 0 Å². The van der Waals surface area contributed by atoms with E-state index in [1.54, 1.807) is 0 Å². The highest BCUT2D eigenvalue weighted by Gasteiger charge is 2.24. The van der Waals surface area contributed by atoms with Crippen LogP contribution in [-0.2, 0) is 0 Å². The molecule has 1 aromatic rings. The molecule has 0 unspecified atom stereocenters. The fraction of sp³-hybridized carbons (Fsp3) is 0.500. The van der Waals surface area contributed by atoms with Crippen LogP contribution < -0.4 is 0 Å². The van der Waals surface area contributed by atoms with Crippen LogP contribution in [0.25, 0.3) is 0 Å². The predicted molar refractivity (Wildman–Crippen MR) is 62.2 cm³/mol. The standard InChI is InChI=1S/C14H18O/c1-10(2)14(15)13-9-4-3-8-12(13)11-6-5-7-11/h3-4,8-11H,5-7H2,1-2H3. The molecule has 1 heteroatoms. The molecule has 1 nitrogen and oxygen atoms in total. The molecule has 0 atom stereocenters. The van der Waals surface area contributed by atoms with Crippen molar-refractivity contribution in [2.24, 2.45) is 5.92 Å². The second-order valence-electron chi connectivity index (χ2n) is 4.73. The average Bonchev–Trinajstić information content (AvgIpc) is 2.15. The van der Waals surface area contributed by atoms with Gasteiger partial charge in [-0.25, -0.2) is 0 Å². The minimum Gasteiger partial charge on any atom is -0.294 e. The van der Waals surface area contributed by atoms with Crippen LogP contribution in [0, 0.1) is 5.92 Å². The first kappa shape index (κ1) is 10.4. The molecule has 0 radical (unpaired) electrons. The van der Waals surface area contributed by atoms with Crippen LogP contribution in [0.15, 0.2) is 24.3 Å². The second kappa shape index (κ2) is 4.18. The lowest BCUT2D eigenvalue weighted by molar-refractivity contribution is 0.0937. The van der Waals surface area contributed by atoms with Gasteiger partial charge in [0.2, 0.25) is 0 Å². The van der Waals surface area contributed by atoms with Gasteiger partial charge in [0.1, 0.15) is 0 Å². The van der Waals surface area contributed by atoms with Crippen molar-refractivity contribution < 1.29 is 4.79 Å². The monoisotopic (exact) mass is 202 g/mol. The van der Waals surface area contributed by atoms with Gasteiger partial charge in [-0.05, 0) is 24.3 Å². The number of benzene rings is 1. The van der Waals surface area contributed by atoms with Crippen LogP contribution >= 0.6 is 0 Å². The summed E-state index contributed by atoms with van der Waals surface area (Å²) in [5.41, 5.74) is 2.24. The van der Waals surface area contributed by atoms with E-state index < -0.39 is 0 Å². The molecule has 1 aliphatic carbocycles. The Morgan fingerprint density at radius 1 is 1.27 bits per heavy atom. The van der Waals surface area contributed by atoms with Crippen LogP contribution in [0.3, 0.4) is 0 Å². The molecule has 15 heavy (non-hydrogen) atoms. The smallest absolute Gasteiger partial charge is 0.165 e. The fourth-order valence-electron chi connectivity index (χ4n) is 2.11. The van der Waals surface area contributed by atoms with Crippen molar-refractivity contribution in [3.8, 4) is 0 Å². The number of carbonyl (C=O) groups is 1. The van der Waals surface area contributed by atoms with Crippen molar-refractivity contribution >= 4 is 5.78 Å². The van der Waals surface area contributed by atoms with Gasteiger partial charge in [0.05, 0.1) is 0 Å². The SMILES string of the molecule is CC(C)C(=O)c1ccccc1C1CCC1. The molecule has 80 valence electrons. The summed E-state index contributed by atoms with van der Waals surface area (Å²) >= 11 is 0. The van der Waals surface area contributed by atoms with E-state index in [-0.39, 0.29) is 11.7 Å². The lowest BCUT2D eigenvalue weighted by atomic mass is 9.77. The quantitative estimate of drug-likeness (QED) is 0.681. The zero-order valence-electron chi connectivity index (χ0n) is 9.49. The lowest BCUT2D eigenvalue weighted by Gasteiger charge is -2.27. The molecule has 1 saturated carbocycles. The third kappa shape index (κ3) is 1.97. The number of ketones is 1. The molecule has 0 N–H and O–H groups in total. The van der Waals surface area contributed by atoms with E-state index in [4.69, 9.17) is 0 Å². The Kier molecular flexibility index (Phi) is 2.90. The van der Waals surface area contributed by atoms with E-state index in [1.807, 2.05) is 32.0 Å². The maximum absolute atomic E-state index is 12.0. The van der Waals surface area contributed by atoms with Gasteiger partial charge in [0, 0.05) is 11.5 Å². The molecular weight excluding hydrogens is 184 g/mol. The van der Waals surface area contributed by atoms with E-state index in [0.717, 1.165) is 5.56 Å². The van der Waals surface area contributed by atoms with Gasteiger partial charge in [0.25, 0.3) is 0 Å². The van der Waals surface area contributed by atoms with Crippen LogP contribution in [-0.4, -0.2) is 5.78 Å². The molecule has 0 bridgehead atoms. The molecule has 2 rings (SSSR count). The molecule has 1 aliphatic rings. The molecule has 0 spiro atoms. The predicted octanol–water partition coefficient (Wildman–Crippen LogP) is 3.79. The second-order valence-corrected chi connectivity index (χ2v) is 4.73. The normalized spacial score (nSPS) is 16.5. The van der Waals surface area contributed by atoms with Crippen molar-refractivity contribution in [2.45, 2.75) is 39.0 Å². The van der Waals surface area contributed by atoms with Gasteiger partial charge in [-0.2, -0.15) is 0 Å². The molecule has 0 heterocycles. The first-order valence-electron chi connectivity index (χ1n) is 5.83. The van der Waals surface area contributed by atoms with Crippen molar-refractivity contribution in [1.82, 2.24) is 0 Å². The first-order valence-corrected chi connectivity index (χ1v) is 5.83. The van der Waals surface area contributed by atoms with E-state index >= 15 is 0 Å². The maximum atomic E-state index is 12.0. The molecule has 1 aromatic carbocycles. The summed E-state index contributed by atoms with van der Waals surface area (Å²) in [6, 6.07) is 8.12. The summed E-state index contributed by atoms with van der Waals surface area (Å²) in [6.07, 6.45) is 3.82. The van der Waals surface area contributed by atoms with Gasteiger partial charge in [-0.15, -0.1) is 0 Å². The average molecular weight is 202 g/mol. The molecule has 0 aliphatic heterocycles. The summed E-state index contributed by atoms with van der Waals surface area (Å²) in [5.74, 6) is 1.03. The minimum absolute atomic E-state index is 0.103. The summed E-state index contributed by atoms with van der Waals surface area (Å²) < 4.78 is 0.